The van der Waals surface area contributed by atoms with E-state index in [1.807, 2.05) is 48.2 Å². The summed E-state index contributed by atoms with van der Waals surface area (Å²) in [5.74, 6) is 2.48. The van der Waals surface area contributed by atoms with Gasteiger partial charge in [0.1, 0.15) is 18.1 Å². The third-order valence-electron chi connectivity index (χ3n) is 8.92. The van der Waals surface area contributed by atoms with Crippen LogP contribution in [0.1, 0.15) is 46.2 Å². The van der Waals surface area contributed by atoms with E-state index in [1.54, 1.807) is 30.5 Å². The molecular weight excluding hydrogens is 693 g/mol. The van der Waals surface area contributed by atoms with Crippen molar-refractivity contribution in [1.82, 2.24) is 9.88 Å². The zero-order valence-electron chi connectivity index (χ0n) is 29.8. The molecular formula is C43H45Cl2N3O4. The van der Waals surface area contributed by atoms with Gasteiger partial charge in [-0.15, -0.1) is 12.4 Å². The third-order valence-corrected chi connectivity index (χ3v) is 9.20. The van der Waals surface area contributed by atoms with Gasteiger partial charge in [0.2, 0.25) is 11.8 Å². The van der Waals surface area contributed by atoms with E-state index in [1.165, 1.54) is 16.7 Å². The fourth-order valence-electron chi connectivity index (χ4n) is 5.89. The number of aryl methyl sites for hydroxylation is 3. The summed E-state index contributed by atoms with van der Waals surface area (Å²) >= 11 is 6.63. The van der Waals surface area contributed by atoms with E-state index in [2.05, 4.69) is 72.7 Å². The van der Waals surface area contributed by atoms with Gasteiger partial charge in [-0.1, -0.05) is 71.3 Å². The van der Waals surface area contributed by atoms with Crippen molar-refractivity contribution < 1.29 is 19.0 Å². The van der Waals surface area contributed by atoms with Gasteiger partial charge in [-0.25, -0.2) is 4.98 Å². The van der Waals surface area contributed by atoms with Crippen LogP contribution in [-0.4, -0.2) is 41.5 Å². The van der Waals surface area contributed by atoms with Crippen molar-refractivity contribution in [1.29, 1.82) is 0 Å². The summed E-state index contributed by atoms with van der Waals surface area (Å²) in [5, 5.41) is 4.08. The van der Waals surface area contributed by atoms with Crippen molar-refractivity contribution in [2.45, 2.75) is 52.7 Å². The second kappa shape index (κ2) is 18.5. The fourth-order valence-corrected chi connectivity index (χ4v) is 6.21. The molecule has 0 bridgehead atoms. The topological polar surface area (TPSA) is 72.9 Å². The highest BCUT2D eigenvalue weighted by Crippen LogP contribution is 2.34. The van der Waals surface area contributed by atoms with Gasteiger partial charge in [-0.3, -0.25) is 4.79 Å². The summed E-state index contributed by atoms with van der Waals surface area (Å²) < 4.78 is 17.8. The largest absolute Gasteiger partial charge is 0.493 e. The summed E-state index contributed by atoms with van der Waals surface area (Å²) in [5.41, 5.74) is 7.53. The molecule has 1 aliphatic rings. The monoisotopic (exact) mass is 737 g/mol. The van der Waals surface area contributed by atoms with Crippen LogP contribution in [0.2, 0.25) is 5.02 Å². The van der Waals surface area contributed by atoms with Gasteiger partial charge in [0, 0.05) is 43.4 Å². The number of ether oxygens (including phenoxy) is 3. The first kappa shape index (κ1) is 38.3. The number of rotatable bonds is 13. The molecule has 0 aliphatic carbocycles. The smallest absolute Gasteiger partial charge is 0.246 e. The molecule has 0 unspecified atom stereocenters. The number of carbonyl (C=O) groups excluding carboxylic acids is 1. The zero-order valence-corrected chi connectivity index (χ0v) is 31.4. The van der Waals surface area contributed by atoms with Crippen LogP contribution < -0.4 is 19.5 Å². The SMILES string of the molecule is Cc1ccc(COc2ccc(Oc3c(C)cc(/C=C/C(=O)N4CCC(Nc5ccc(CCOc6ccc(C)cc6)cc5)CC4)cc3Cl)nc2)cc1.Cl. The Morgan fingerprint density at radius 1 is 0.846 bits per heavy atom. The molecule has 1 saturated heterocycles. The first-order valence-electron chi connectivity index (χ1n) is 17.4. The Balaban J connectivity index is 0.00000523. The molecule has 1 amide bonds. The highest BCUT2D eigenvalue weighted by molar-refractivity contribution is 6.32. The van der Waals surface area contributed by atoms with Crippen LogP contribution in [0.5, 0.6) is 23.1 Å². The van der Waals surface area contributed by atoms with Gasteiger partial charge in [0.05, 0.1) is 17.8 Å². The van der Waals surface area contributed by atoms with Crippen molar-refractivity contribution in [3.8, 4) is 23.1 Å². The van der Waals surface area contributed by atoms with E-state index in [0.717, 1.165) is 47.4 Å². The minimum Gasteiger partial charge on any atom is -0.493 e. The van der Waals surface area contributed by atoms with Gasteiger partial charge in [-0.05, 0) is 104 Å². The summed E-state index contributed by atoms with van der Waals surface area (Å²) in [6, 6.07) is 32.6. The minimum atomic E-state index is -0.00588. The fraction of sp³-hybridized carbons (Fsp3) is 0.256. The van der Waals surface area contributed by atoms with Crippen LogP contribution in [0.15, 0.2) is 109 Å². The minimum absolute atomic E-state index is 0. The van der Waals surface area contributed by atoms with Crippen LogP contribution in [0.3, 0.4) is 0 Å². The predicted molar refractivity (Wildman–Crippen MR) is 212 cm³/mol. The maximum atomic E-state index is 13.0. The molecule has 0 saturated carbocycles. The maximum Gasteiger partial charge on any atom is 0.246 e. The number of nitrogens with zero attached hydrogens (tertiary/aromatic N) is 2. The summed E-state index contributed by atoms with van der Waals surface area (Å²) in [7, 11) is 0. The Morgan fingerprint density at radius 2 is 1.50 bits per heavy atom. The molecule has 0 atom stereocenters. The van der Waals surface area contributed by atoms with E-state index in [9.17, 15) is 4.79 Å². The second-order valence-corrected chi connectivity index (χ2v) is 13.5. The van der Waals surface area contributed by atoms with Crippen LogP contribution >= 0.6 is 24.0 Å². The van der Waals surface area contributed by atoms with Gasteiger partial charge < -0.3 is 24.4 Å². The number of nitrogens with one attached hydrogen (secondary N) is 1. The average molecular weight is 739 g/mol. The molecule has 270 valence electrons. The van der Waals surface area contributed by atoms with Crippen molar-refractivity contribution in [3.63, 3.8) is 0 Å². The molecule has 6 rings (SSSR count). The first-order valence-corrected chi connectivity index (χ1v) is 17.8. The lowest BCUT2D eigenvalue weighted by molar-refractivity contribution is -0.126. The number of amides is 1. The number of piperidine rings is 1. The molecule has 1 aromatic heterocycles. The molecule has 7 nitrogen and oxygen atoms in total. The summed E-state index contributed by atoms with van der Waals surface area (Å²) in [6.07, 6.45) is 7.69. The second-order valence-electron chi connectivity index (χ2n) is 13.0. The standard InChI is InChI=1S/C43H44ClN3O4.ClH/c1-30-4-8-34(9-5-30)29-50-39-17-18-41(45-28-39)51-43-32(3)26-35(27-40(43)44)12-19-42(48)47-23-20-37(21-24-47)46-36-13-10-33(11-14-36)22-25-49-38-15-6-31(2)7-16-38;/h4-19,26-28,37,46H,20-25,29H2,1-3H3;1H/b19-12+;. The normalized spacial score (nSPS) is 13.0. The van der Waals surface area contributed by atoms with Crippen molar-refractivity contribution >= 4 is 41.7 Å². The Labute approximate surface area is 318 Å². The van der Waals surface area contributed by atoms with Crippen LogP contribution in [-0.2, 0) is 17.8 Å². The van der Waals surface area contributed by atoms with Crippen molar-refractivity contribution in [2.24, 2.45) is 0 Å². The molecule has 4 aromatic carbocycles. The van der Waals surface area contributed by atoms with E-state index in [4.69, 9.17) is 25.8 Å². The number of halogens is 2. The van der Waals surface area contributed by atoms with Gasteiger partial charge in [0.25, 0.3) is 0 Å². The Hall–Kier alpha value is -4.98. The third kappa shape index (κ3) is 11.0. The number of pyridine rings is 1. The Kier molecular flexibility index (Phi) is 13.6. The van der Waals surface area contributed by atoms with Crippen LogP contribution in [0.25, 0.3) is 6.08 Å². The quantitative estimate of drug-likeness (QED) is 0.121. The Bertz CT molecular complexity index is 1900. The molecule has 5 aromatic rings. The van der Waals surface area contributed by atoms with Gasteiger partial charge in [-0.2, -0.15) is 0 Å². The number of hydrogen-bond acceptors (Lipinski definition) is 6. The molecule has 1 N–H and O–H groups in total. The lowest BCUT2D eigenvalue weighted by Gasteiger charge is -2.32. The first-order chi connectivity index (χ1) is 24.8. The van der Waals surface area contributed by atoms with E-state index in [0.29, 0.717) is 54.7 Å². The van der Waals surface area contributed by atoms with E-state index >= 15 is 0 Å². The Morgan fingerprint density at radius 3 is 2.15 bits per heavy atom. The van der Waals surface area contributed by atoms with E-state index in [-0.39, 0.29) is 18.3 Å². The number of carbonyl (C=O) groups is 1. The molecule has 2 heterocycles. The molecule has 52 heavy (non-hydrogen) atoms. The zero-order chi connectivity index (χ0) is 35.6. The summed E-state index contributed by atoms with van der Waals surface area (Å²) in [4.78, 5) is 19.3. The van der Waals surface area contributed by atoms with Gasteiger partial charge >= 0.3 is 0 Å². The predicted octanol–water partition coefficient (Wildman–Crippen LogP) is 10.2. The molecule has 1 fully saturated rings. The number of likely N-dealkylation sites (tertiary alicyclic amines) is 1. The number of anilines is 1. The molecule has 0 radical (unpaired) electrons. The average Bonchev–Trinajstić information content (AvgIpc) is 3.14. The maximum absolute atomic E-state index is 13.0. The van der Waals surface area contributed by atoms with Crippen molar-refractivity contribution in [3.05, 3.63) is 148 Å². The lowest BCUT2D eigenvalue weighted by atomic mass is 10.0. The van der Waals surface area contributed by atoms with Crippen molar-refractivity contribution in [2.75, 3.05) is 25.0 Å². The number of hydrogen-bond donors (Lipinski definition) is 1. The number of benzene rings is 4. The summed E-state index contributed by atoms with van der Waals surface area (Å²) in [6.45, 7) is 8.55. The lowest BCUT2D eigenvalue weighted by Crippen LogP contribution is -2.41. The van der Waals surface area contributed by atoms with Gasteiger partial charge in [0.15, 0.2) is 5.75 Å². The van der Waals surface area contributed by atoms with Crippen LogP contribution in [0.4, 0.5) is 5.69 Å². The molecule has 1 aliphatic heterocycles. The highest BCUT2D eigenvalue weighted by atomic mass is 35.5. The number of aromatic nitrogens is 1. The van der Waals surface area contributed by atoms with Crippen LogP contribution in [0, 0.1) is 20.8 Å². The molecule has 9 heteroatoms. The highest BCUT2D eigenvalue weighted by Gasteiger charge is 2.21. The molecule has 0 spiro atoms. The van der Waals surface area contributed by atoms with E-state index < -0.39 is 0 Å².